The number of hydrogen-bond acceptors (Lipinski definition) is 6. The molecular weight excluding hydrogens is 389 g/mol. The van der Waals surface area contributed by atoms with Crippen molar-refractivity contribution in [2.45, 2.75) is 39.5 Å². The van der Waals surface area contributed by atoms with Crippen molar-refractivity contribution in [3.8, 4) is 0 Å². The molecular formula is C19H25F3N4OS. The van der Waals surface area contributed by atoms with Crippen LogP contribution < -0.4 is 11.1 Å². The first-order valence-electron chi connectivity index (χ1n) is 8.62. The highest BCUT2D eigenvalue weighted by Gasteiger charge is 2.49. The first-order chi connectivity index (χ1) is 13.1. The minimum absolute atomic E-state index is 0.398. The number of thioether (sulfide) groups is 1. The smallest absolute Gasteiger partial charge is 0.404 e. The first-order valence-corrected chi connectivity index (χ1v) is 9.61. The van der Waals surface area contributed by atoms with Crippen LogP contribution in [0, 0.1) is 6.92 Å². The summed E-state index contributed by atoms with van der Waals surface area (Å²) >= 11 is 0.839. The zero-order valence-corrected chi connectivity index (χ0v) is 17.0. The average Bonchev–Trinajstić information content (AvgIpc) is 2.63. The van der Waals surface area contributed by atoms with Crippen molar-refractivity contribution in [2.24, 2.45) is 5.73 Å². The van der Waals surface area contributed by atoms with E-state index >= 15 is 0 Å². The zero-order valence-electron chi connectivity index (χ0n) is 16.2. The number of nitrogens with two attached hydrogens (primary N) is 1. The van der Waals surface area contributed by atoms with Crippen LogP contribution in [0.2, 0.25) is 0 Å². The quantitative estimate of drug-likeness (QED) is 0.626. The van der Waals surface area contributed by atoms with Crippen LogP contribution in [0.5, 0.6) is 0 Å². The Bertz CT molecular complexity index is 780. The van der Waals surface area contributed by atoms with Gasteiger partial charge in [0.25, 0.3) is 0 Å². The Labute approximate surface area is 167 Å². The average molecular weight is 414 g/mol. The van der Waals surface area contributed by atoms with Crippen LogP contribution in [-0.4, -0.2) is 32.6 Å². The zero-order chi connectivity index (χ0) is 21.4. The largest absolute Gasteiger partial charge is 0.417 e. The molecule has 1 aromatic carbocycles. The molecule has 0 bridgehead atoms. The van der Waals surface area contributed by atoms with Crippen LogP contribution in [-0.2, 0) is 0 Å². The van der Waals surface area contributed by atoms with Crippen molar-refractivity contribution < 1.29 is 18.3 Å². The van der Waals surface area contributed by atoms with E-state index in [-0.39, 0.29) is 0 Å². The Morgan fingerprint density at radius 3 is 2.36 bits per heavy atom. The molecule has 1 unspecified atom stereocenters. The third-order valence-electron chi connectivity index (χ3n) is 3.45. The van der Waals surface area contributed by atoms with E-state index in [0.717, 1.165) is 24.2 Å². The van der Waals surface area contributed by atoms with Gasteiger partial charge in [-0.25, -0.2) is 9.97 Å². The molecule has 1 aromatic heterocycles. The van der Waals surface area contributed by atoms with Crippen molar-refractivity contribution in [1.29, 1.82) is 0 Å². The van der Waals surface area contributed by atoms with Gasteiger partial charge >= 0.3 is 6.18 Å². The molecule has 4 N–H and O–H groups in total. The number of nitrogens with one attached hydrogen (secondary N) is 1. The summed E-state index contributed by atoms with van der Waals surface area (Å²) in [5.41, 5.74) is 4.98. The minimum atomic E-state index is -4.72. The second kappa shape index (κ2) is 10.3. The fraction of sp³-hybridized carbons (Fsp3) is 0.368. The summed E-state index contributed by atoms with van der Waals surface area (Å²) in [5, 5.41) is 12.6. The van der Waals surface area contributed by atoms with Gasteiger partial charge in [0.15, 0.2) is 5.60 Å². The summed E-state index contributed by atoms with van der Waals surface area (Å²) in [4.78, 5) is 8.56. The topological polar surface area (TPSA) is 84.1 Å². The summed E-state index contributed by atoms with van der Waals surface area (Å²) in [6, 6.07) is 7.07. The molecule has 0 saturated carbocycles. The lowest BCUT2D eigenvalue weighted by Crippen LogP contribution is -2.44. The second-order valence-electron chi connectivity index (χ2n) is 5.88. The Morgan fingerprint density at radius 1 is 1.21 bits per heavy atom. The van der Waals surface area contributed by atoms with E-state index in [1.165, 1.54) is 6.20 Å². The maximum Gasteiger partial charge on any atom is 0.417 e. The highest BCUT2D eigenvalue weighted by Crippen LogP contribution is 2.37. The van der Waals surface area contributed by atoms with E-state index in [1.807, 2.05) is 26.8 Å². The molecule has 5 nitrogen and oxygen atoms in total. The third-order valence-corrected chi connectivity index (χ3v) is 4.84. The summed E-state index contributed by atoms with van der Waals surface area (Å²) in [7, 11) is 0. The van der Waals surface area contributed by atoms with Gasteiger partial charge in [0.1, 0.15) is 0 Å². The monoisotopic (exact) mass is 414 g/mol. The van der Waals surface area contributed by atoms with Gasteiger partial charge in [0.2, 0.25) is 5.95 Å². The van der Waals surface area contributed by atoms with Crippen LogP contribution >= 0.6 is 11.8 Å². The number of aryl methyl sites for hydroxylation is 1. The molecule has 2 rings (SSSR count). The number of aliphatic hydroxyl groups is 1. The SMILES string of the molecule is CC.Cc1cc(Nc2ncccn2)cc(/C(=C/N)SCC(C)(O)C(F)(F)F)c1. The number of halogens is 3. The summed E-state index contributed by atoms with van der Waals surface area (Å²) in [5.74, 6) is -0.173. The van der Waals surface area contributed by atoms with Crippen LogP contribution in [0.3, 0.4) is 0 Å². The Kier molecular flexibility index (Phi) is 8.77. The van der Waals surface area contributed by atoms with Crippen LogP contribution in [0.25, 0.3) is 4.91 Å². The van der Waals surface area contributed by atoms with Crippen LogP contribution in [0.4, 0.5) is 24.8 Å². The van der Waals surface area contributed by atoms with E-state index in [1.54, 1.807) is 30.6 Å². The van der Waals surface area contributed by atoms with Crippen molar-refractivity contribution in [1.82, 2.24) is 9.97 Å². The lowest BCUT2D eigenvalue weighted by molar-refractivity contribution is -0.242. The van der Waals surface area contributed by atoms with Crippen LogP contribution in [0.15, 0.2) is 42.9 Å². The molecule has 28 heavy (non-hydrogen) atoms. The van der Waals surface area contributed by atoms with Gasteiger partial charge < -0.3 is 16.2 Å². The Balaban J connectivity index is 0.00000190. The van der Waals surface area contributed by atoms with Gasteiger partial charge in [-0.2, -0.15) is 13.2 Å². The fourth-order valence-electron chi connectivity index (χ4n) is 2.02. The van der Waals surface area contributed by atoms with E-state index < -0.39 is 17.5 Å². The van der Waals surface area contributed by atoms with Crippen molar-refractivity contribution >= 4 is 28.3 Å². The van der Waals surface area contributed by atoms with Crippen molar-refractivity contribution in [3.63, 3.8) is 0 Å². The van der Waals surface area contributed by atoms with Gasteiger partial charge in [-0.05, 0) is 43.2 Å². The minimum Gasteiger partial charge on any atom is -0.404 e. The predicted molar refractivity (Wildman–Crippen MR) is 109 cm³/mol. The van der Waals surface area contributed by atoms with Crippen molar-refractivity contribution in [3.05, 3.63) is 54.0 Å². The van der Waals surface area contributed by atoms with Gasteiger partial charge in [-0.15, -0.1) is 11.8 Å². The molecule has 2 aromatic rings. The number of rotatable bonds is 6. The Morgan fingerprint density at radius 2 is 1.82 bits per heavy atom. The maximum absolute atomic E-state index is 12.8. The van der Waals surface area contributed by atoms with Crippen LogP contribution in [0.1, 0.15) is 31.9 Å². The maximum atomic E-state index is 12.8. The Hall–Kier alpha value is -2.26. The molecule has 0 spiro atoms. The number of benzene rings is 1. The van der Waals surface area contributed by atoms with E-state index in [0.29, 0.717) is 22.1 Å². The molecule has 0 aliphatic carbocycles. The van der Waals surface area contributed by atoms with E-state index in [4.69, 9.17) is 5.73 Å². The highest BCUT2D eigenvalue weighted by atomic mass is 32.2. The lowest BCUT2D eigenvalue weighted by atomic mass is 10.1. The normalized spacial score (nSPS) is 13.9. The summed E-state index contributed by atoms with van der Waals surface area (Å²) < 4.78 is 38.5. The number of hydrogen-bond donors (Lipinski definition) is 3. The first kappa shape index (κ1) is 23.8. The number of nitrogens with zero attached hydrogens (tertiary/aromatic N) is 2. The number of anilines is 2. The molecule has 1 atom stereocenters. The van der Waals surface area contributed by atoms with Gasteiger partial charge in [-0.3, -0.25) is 0 Å². The van der Waals surface area contributed by atoms with E-state index in [9.17, 15) is 18.3 Å². The molecule has 0 amide bonds. The lowest BCUT2D eigenvalue weighted by Gasteiger charge is -2.26. The van der Waals surface area contributed by atoms with Gasteiger partial charge in [0.05, 0.1) is 0 Å². The molecule has 0 saturated heterocycles. The molecule has 0 fully saturated rings. The third kappa shape index (κ3) is 6.72. The van der Waals surface area contributed by atoms with E-state index in [2.05, 4.69) is 15.3 Å². The fourth-order valence-corrected chi connectivity index (χ4v) is 3.00. The summed E-state index contributed by atoms with van der Waals surface area (Å²) in [6.45, 7) is 6.59. The molecule has 9 heteroatoms. The molecule has 0 radical (unpaired) electrons. The standard InChI is InChI=1S/C17H19F3N4OS.C2H6/c1-11-6-12(8-13(7-11)24-15-22-4-3-5-23-15)14(9-21)26-10-16(2,25)17(18,19)20;1-2/h3-9,25H,10,21H2,1-2H3,(H,22,23,24);1-2H3/b14-9-;. The highest BCUT2D eigenvalue weighted by molar-refractivity contribution is 8.08. The number of alkyl halides is 3. The predicted octanol–water partition coefficient (Wildman–Crippen LogP) is 4.86. The summed E-state index contributed by atoms with van der Waals surface area (Å²) in [6.07, 6.45) is -0.309. The second-order valence-corrected chi connectivity index (χ2v) is 6.89. The molecule has 0 aliphatic rings. The number of aromatic nitrogens is 2. The molecule has 1 heterocycles. The van der Waals surface area contributed by atoms with Gasteiger partial charge in [-0.1, -0.05) is 19.9 Å². The molecule has 0 aliphatic heterocycles. The van der Waals surface area contributed by atoms with Crippen molar-refractivity contribution in [2.75, 3.05) is 11.1 Å². The molecule has 154 valence electrons. The van der Waals surface area contributed by atoms with Gasteiger partial charge in [0, 0.05) is 34.9 Å².